The van der Waals surface area contributed by atoms with E-state index in [4.69, 9.17) is 23.0 Å². The molecule has 0 bridgehead atoms. The van der Waals surface area contributed by atoms with Crippen LogP contribution in [0.25, 0.3) is 11.1 Å². The van der Waals surface area contributed by atoms with Crippen LogP contribution in [0.5, 0.6) is 0 Å². The van der Waals surface area contributed by atoms with Crippen LogP contribution in [0.3, 0.4) is 0 Å². The summed E-state index contributed by atoms with van der Waals surface area (Å²) in [7, 11) is -4.15. The number of carbonyl (C=O) groups is 1. The summed E-state index contributed by atoms with van der Waals surface area (Å²) >= 11 is 0. The largest absolute Gasteiger partial charge is 0.476 e. The van der Waals surface area contributed by atoms with Crippen LogP contribution in [0.2, 0.25) is 0 Å². The van der Waals surface area contributed by atoms with E-state index in [-0.39, 0.29) is 26.4 Å². The zero-order valence-electron chi connectivity index (χ0n) is 26.9. The van der Waals surface area contributed by atoms with Crippen molar-refractivity contribution in [3.8, 4) is 11.1 Å². The Balaban J connectivity index is 1.19. The summed E-state index contributed by atoms with van der Waals surface area (Å²) in [6.07, 6.45) is -2.58. The van der Waals surface area contributed by atoms with Crippen LogP contribution in [0.4, 0.5) is 13.2 Å². The number of rotatable bonds is 13. The first-order valence-corrected chi connectivity index (χ1v) is 17.2. The second kappa shape index (κ2) is 14.5. The van der Waals surface area contributed by atoms with Crippen LogP contribution in [-0.2, 0) is 51.2 Å². The Labute approximate surface area is 282 Å². The van der Waals surface area contributed by atoms with Crippen LogP contribution in [0, 0.1) is 0 Å². The summed E-state index contributed by atoms with van der Waals surface area (Å²) in [5, 5.41) is 0. The number of nitrogens with zero attached hydrogens (tertiary/aromatic N) is 2. The second-order valence-electron chi connectivity index (χ2n) is 12.3. The van der Waals surface area contributed by atoms with E-state index in [2.05, 4.69) is 4.98 Å². The fourth-order valence-electron chi connectivity index (χ4n) is 5.95. The van der Waals surface area contributed by atoms with Crippen molar-refractivity contribution in [3.05, 3.63) is 126 Å². The molecule has 1 amide bonds. The van der Waals surface area contributed by atoms with Gasteiger partial charge in [0, 0.05) is 11.8 Å². The maximum atomic E-state index is 14.1. The molecule has 3 aromatic carbocycles. The highest BCUT2D eigenvalue weighted by Gasteiger charge is 2.52. The number of aromatic nitrogens is 1. The Morgan fingerprint density at radius 2 is 1.47 bits per heavy atom. The summed E-state index contributed by atoms with van der Waals surface area (Å²) < 4.78 is 84.1. The van der Waals surface area contributed by atoms with Gasteiger partial charge >= 0.3 is 14.2 Å². The van der Waals surface area contributed by atoms with Crippen molar-refractivity contribution >= 4 is 13.7 Å². The molecule has 0 spiro atoms. The van der Waals surface area contributed by atoms with Crippen LogP contribution < -0.4 is 0 Å². The fourth-order valence-corrected chi connectivity index (χ4v) is 7.37. The Morgan fingerprint density at radius 3 is 1.94 bits per heavy atom. The van der Waals surface area contributed by atoms with Crippen LogP contribution in [0.1, 0.15) is 42.3 Å². The van der Waals surface area contributed by atoms with Gasteiger partial charge in [-0.2, -0.15) is 8.78 Å². The van der Waals surface area contributed by atoms with Crippen molar-refractivity contribution in [1.29, 1.82) is 0 Å². The molecule has 0 aliphatic carbocycles. The Hall–Kier alpha value is -3.90. The summed E-state index contributed by atoms with van der Waals surface area (Å²) in [4.78, 5) is 17.6. The van der Waals surface area contributed by atoms with E-state index in [1.54, 1.807) is 36.5 Å². The van der Waals surface area contributed by atoms with Gasteiger partial charge in [-0.1, -0.05) is 91.0 Å². The van der Waals surface area contributed by atoms with Gasteiger partial charge in [-0.3, -0.25) is 23.3 Å². The third-order valence-corrected chi connectivity index (χ3v) is 9.95. The van der Waals surface area contributed by atoms with Crippen LogP contribution in [0.15, 0.2) is 103 Å². The molecule has 2 atom stereocenters. The Morgan fingerprint density at radius 1 is 0.898 bits per heavy atom. The molecule has 6 rings (SSSR count). The van der Waals surface area contributed by atoms with Gasteiger partial charge in [-0.25, -0.2) is 8.96 Å². The van der Waals surface area contributed by atoms with Crippen molar-refractivity contribution in [1.82, 2.24) is 9.88 Å². The minimum absolute atomic E-state index is 0.00222. The predicted octanol–water partition coefficient (Wildman–Crippen LogP) is 7.77. The first kappa shape index (κ1) is 34.9. The maximum absolute atomic E-state index is 14.1. The average Bonchev–Trinajstić information content (AvgIpc) is 3.38. The average molecular weight is 697 g/mol. The van der Waals surface area contributed by atoms with E-state index >= 15 is 0 Å². The lowest BCUT2D eigenvalue weighted by atomic mass is 9.95. The Bertz CT molecular complexity index is 1710. The van der Waals surface area contributed by atoms with Crippen molar-refractivity contribution < 1.29 is 45.6 Å². The minimum atomic E-state index is -4.15. The van der Waals surface area contributed by atoms with Gasteiger partial charge in [-0.05, 0) is 42.2 Å². The first-order chi connectivity index (χ1) is 23.5. The molecule has 2 fully saturated rings. The third kappa shape index (κ3) is 7.65. The Kier molecular flexibility index (Phi) is 10.4. The van der Waals surface area contributed by atoms with Crippen molar-refractivity contribution in [2.45, 2.75) is 57.0 Å². The fraction of sp³-hybridized carbons (Fsp3) is 0.333. The van der Waals surface area contributed by atoms with E-state index < -0.39 is 50.3 Å². The lowest BCUT2D eigenvalue weighted by Crippen LogP contribution is -2.51. The van der Waals surface area contributed by atoms with E-state index in [0.29, 0.717) is 11.3 Å². The lowest BCUT2D eigenvalue weighted by Gasteiger charge is -2.41. The smallest absolute Gasteiger partial charge is 0.374 e. The minimum Gasteiger partial charge on any atom is -0.374 e. The number of halogens is 3. The first-order valence-electron chi connectivity index (χ1n) is 15.7. The van der Waals surface area contributed by atoms with E-state index in [0.717, 1.165) is 27.2 Å². The van der Waals surface area contributed by atoms with Gasteiger partial charge in [0.1, 0.15) is 18.5 Å². The van der Waals surface area contributed by atoms with Crippen molar-refractivity contribution in [2.75, 3.05) is 19.9 Å². The number of hydrogen-bond acceptors (Lipinski definition) is 8. The molecule has 0 saturated carbocycles. The van der Waals surface area contributed by atoms with Gasteiger partial charge in [-0.15, -0.1) is 0 Å². The molecular weight excluding hydrogens is 660 g/mol. The summed E-state index contributed by atoms with van der Waals surface area (Å²) in [6.45, 7) is 2.05. The second-order valence-corrected chi connectivity index (χ2v) is 13.9. The molecule has 0 radical (unpaired) electrons. The van der Waals surface area contributed by atoms with E-state index in [9.17, 15) is 22.5 Å². The number of carbonyl (C=O) groups excluding carboxylic acids is 1. The number of pyridine rings is 1. The molecule has 2 aliphatic heterocycles. The number of benzene rings is 3. The SMILES string of the molecule is CC1(C)O[C@H](c2ccc(-c3ccc(C4(OP(=O)(OCc5ccccc5)OCc5ccccc5)COC4)nc3)cc2)[C@@H](CF)N1C(=O)C(F)F. The number of phosphoric ester groups is 1. The van der Waals surface area contributed by atoms with Crippen molar-refractivity contribution in [3.63, 3.8) is 0 Å². The molecule has 1 aromatic heterocycles. The van der Waals surface area contributed by atoms with E-state index in [1.165, 1.54) is 13.8 Å². The van der Waals surface area contributed by atoms with Gasteiger partial charge in [0.15, 0.2) is 5.60 Å². The molecule has 0 N–H and O–H groups in total. The number of amides is 1. The molecule has 0 unspecified atom stereocenters. The monoisotopic (exact) mass is 696 g/mol. The maximum Gasteiger partial charge on any atom is 0.476 e. The van der Waals surface area contributed by atoms with Crippen molar-refractivity contribution in [2.24, 2.45) is 0 Å². The summed E-state index contributed by atoms with van der Waals surface area (Å²) in [5.41, 5.74) is 1.50. The molecular formula is C36H36F3N2O7P. The topological polar surface area (TPSA) is 96.4 Å². The lowest BCUT2D eigenvalue weighted by molar-refractivity contribution is -0.182. The van der Waals surface area contributed by atoms with Crippen LogP contribution in [-0.4, -0.2) is 53.9 Å². The molecule has 49 heavy (non-hydrogen) atoms. The number of ether oxygens (including phenoxy) is 2. The van der Waals surface area contributed by atoms with Gasteiger partial charge < -0.3 is 14.4 Å². The zero-order chi connectivity index (χ0) is 34.6. The van der Waals surface area contributed by atoms with Gasteiger partial charge in [0.05, 0.1) is 38.2 Å². The highest BCUT2D eigenvalue weighted by atomic mass is 31.2. The van der Waals surface area contributed by atoms with E-state index in [1.807, 2.05) is 66.7 Å². The molecule has 3 heterocycles. The molecule has 2 aliphatic rings. The standard InChI is InChI=1S/C36H36F3N2O7P/c1-35(2)41(34(42)33(38)39)30(19-37)32(47-35)28-15-13-27(14-16-28)29-17-18-31(40-20-29)36(23-44-24-36)48-49(43,45-21-25-9-5-3-6-10-25)46-22-26-11-7-4-8-12-26/h3-18,20,30,32-33H,19,21-24H2,1-2H3/t30-,32-/m1/s1. The van der Waals surface area contributed by atoms with Gasteiger partial charge in [0.25, 0.3) is 5.91 Å². The van der Waals surface area contributed by atoms with Crippen LogP contribution >= 0.6 is 7.82 Å². The zero-order valence-corrected chi connectivity index (χ0v) is 27.8. The van der Waals surface area contributed by atoms with Gasteiger partial charge in [0.2, 0.25) is 0 Å². The molecule has 258 valence electrons. The summed E-state index contributed by atoms with van der Waals surface area (Å²) in [5.74, 6) is -1.47. The number of alkyl halides is 3. The summed E-state index contributed by atoms with van der Waals surface area (Å²) in [6, 6.07) is 27.9. The number of phosphoric acid groups is 1. The normalized spacial score (nSPS) is 19.9. The highest BCUT2D eigenvalue weighted by Crippen LogP contribution is 2.57. The third-order valence-electron chi connectivity index (χ3n) is 8.48. The quantitative estimate of drug-likeness (QED) is 0.131. The molecule has 4 aromatic rings. The molecule has 13 heteroatoms. The predicted molar refractivity (Wildman–Crippen MR) is 174 cm³/mol. The number of hydrogen-bond donors (Lipinski definition) is 0. The highest BCUT2D eigenvalue weighted by molar-refractivity contribution is 7.48. The molecule has 2 saturated heterocycles. The molecule has 9 nitrogen and oxygen atoms in total.